The van der Waals surface area contributed by atoms with Crippen LogP contribution in [0.15, 0.2) is 0 Å². The van der Waals surface area contributed by atoms with Crippen LogP contribution in [-0.4, -0.2) is 68.8 Å². The van der Waals surface area contributed by atoms with Crippen molar-refractivity contribution in [2.24, 2.45) is 5.73 Å². The second kappa shape index (κ2) is 20.4. The van der Waals surface area contributed by atoms with Crippen LogP contribution < -0.4 is 11.1 Å². The number of nitrogens with two attached hydrogens (primary N) is 1. The maximum absolute atomic E-state index is 12.7. The molecule has 32 heavy (non-hydrogen) atoms. The molecule has 1 heterocycles. The molecule has 0 radical (unpaired) electrons. The third-order valence-electron chi connectivity index (χ3n) is 6.05. The van der Waals surface area contributed by atoms with Gasteiger partial charge in [0.05, 0.1) is 26.4 Å². The van der Waals surface area contributed by atoms with Gasteiger partial charge in [0, 0.05) is 26.1 Å². The Bertz CT molecular complexity index is 476. The lowest BCUT2D eigenvalue weighted by atomic mass is 10.00. The summed E-state index contributed by atoms with van der Waals surface area (Å²) in [6.07, 6.45) is 15.9. The second-order valence-corrected chi connectivity index (χ2v) is 8.84. The van der Waals surface area contributed by atoms with Crippen LogP contribution in [0.2, 0.25) is 0 Å². The summed E-state index contributed by atoms with van der Waals surface area (Å²) in [5.41, 5.74) is 5.35. The number of unbranched alkanes of at least 4 members (excludes halogenated alkanes) is 9. The number of piperidine rings is 1. The minimum Gasteiger partial charge on any atom is -0.378 e. The van der Waals surface area contributed by atoms with Crippen molar-refractivity contribution in [1.82, 2.24) is 10.2 Å². The van der Waals surface area contributed by atoms with Crippen LogP contribution in [0.4, 0.5) is 0 Å². The molecule has 1 unspecified atom stereocenters. The van der Waals surface area contributed by atoms with E-state index in [2.05, 4.69) is 12.2 Å². The Morgan fingerprint density at radius 3 is 2.16 bits per heavy atom. The third kappa shape index (κ3) is 14.1. The molecule has 0 bridgehead atoms. The van der Waals surface area contributed by atoms with Gasteiger partial charge >= 0.3 is 0 Å². The number of amides is 2. The van der Waals surface area contributed by atoms with Crippen LogP contribution in [0, 0.1) is 0 Å². The Hall–Kier alpha value is -1.18. The van der Waals surface area contributed by atoms with Gasteiger partial charge in [0.1, 0.15) is 6.04 Å². The lowest BCUT2D eigenvalue weighted by Crippen LogP contribution is -2.52. The first-order valence-electron chi connectivity index (χ1n) is 13.1. The van der Waals surface area contributed by atoms with E-state index in [9.17, 15) is 9.59 Å². The number of carbonyl (C=O) groups excluding carboxylic acids is 2. The SMILES string of the molecule is CCCCCCCCCCCCC(=O)N1CCCCC1C(=O)NCCOCCOCCN. The van der Waals surface area contributed by atoms with Gasteiger partial charge in [0.15, 0.2) is 0 Å². The first-order valence-corrected chi connectivity index (χ1v) is 13.1. The molecule has 2 amide bonds. The summed E-state index contributed by atoms with van der Waals surface area (Å²) in [4.78, 5) is 27.2. The highest BCUT2D eigenvalue weighted by atomic mass is 16.5. The standard InChI is InChI=1S/C25H49N3O4/c1-2-3-4-5-6-7-8-9-10-11-15-24(29)28-18-13-12-14-23(28)25(30)27-17-20-32-22-21-31-19-16-26/h23H,2-22,26H2,1H3,(H,27,30). The lowest BCUT2D eigenvalue weighted by Gasteiger charge is -2.34. The molecule has 0 saturated carbocycles. The smallest absolute Gasteiger partial charge is 0.242 e. The Balaban J connectivity index is 2.14. The summed E-state index contributed by atoms with van der Waals surface area (Å²) in [5, 5.41) is 2.93. The maximum Gasteiger partial charge on any atom is 0.242 e. The lowest BCUT2D eigenvalue weighted by molar-refractivity contribution is -0.142. The summed E-state index contributed by atoms with van der Waals surface area (Å²) in [6.45, 7) is 5.88. The van der Waals surface area contributed by atoms with E-state index in [0.717, 1.165) is 32.1 Å². The van der Waals surface area contributed by atoms with Crippen LogP contribution in [0.1, 0.15) is 96.8 Å². The van der Waals surface area contributed by atoms with E-state index < -0.39 is 0 Å². The second-order valence-electron chi connectivity index (χ2n) is 8.84. The molecular formula is C25H49N3O4. The van der Waals surface area contributed by atoms with Gasteiger partial charge in [0.2, 0.25) is 11.8 Å². The van der Waals surface area contributed by atoms with E-state index in [-0.39, 0.29) is 17.9 Å². The number of hydrogen-bond acceptors (Lipinski definition) is 5. The topological polar surface area (TPSA) is 93.9 Å². The fraction of sp³-hybridized carbons (Fsp3) is 0.920. The normalized spacial score (nSPS) is 16.3. The highest BCUT2D eigenvalue weighted by molar-refractivity contribution is 5.87. The zero-order chi connectivity index (χ0) is 23.3. The first-order chi connectivity index (χ1) is 15.7. The number of nitrogens with zero attached hydrogens (tertiary/aromatic N) is 1. The molecule has 1 aliphatic rings. The van der Waals surface area contributed by atoms with Crippen LogP contribution in [0.25, 0.3) is 0 Å². The van der Waals surface area contributed by atoms with Crippen LogP contribution in [0.5, 0.6) is 0 Å². The van der Waals surface area contributed by atoms with Gasteiger partial charge in [-0.15, -0.1) is 0 Å². The van der Waals surface area contributed by atoms with Crippen molar-refractivity contribution in [1.29, 1.82) is 0 Å². The molecule has 0 aliphatic carbocycles. The average molecular weight is 456 g/mol. The minimum absolute atomic E-state index is 0.0518. The van der Waals surface area contributed by atoms with Crippen LogP contribution >= 0.6 is 0 Å². The van der Waals surface area contributed by atoms with Gasteiger partial charge in [-0.3, -0.25) is 9.59 Å². The number of ether oxygens (including phenoxy) is 2. The van der Waals surface area contributed by atoms with Crippen molar-refractivity contribution in [2.75, 3.05) is 46.1 Å². The molecular weight excluding hydrogens is 406 g/mol. The van der Waals surface area contributed by atoms with Gasteiger partial charge < -0.3 is 25.4 Å². The van der Waals surface area contributed by atoms with Crippen molar-refractivity contribution in [2.45, 2.75) is 103 Å². The molecule has 1 rings (SSSR count). The molecule has 1 saturated heterocycles. The highest BCUT2D eigenvalue weighted by Crippen LogP contribution is 2.19. The Kier molecular flexibility index (Phi) is 18.4. The van der Waals surface area contributed by atoms with Crippen LogP contribution in [-0.2, 0) is 19.1 Å². The van der Waals surface area contributed by atoms with Crippen molar-refractivity contribution in [3.63, 3.8) is 0 Å². The third-order valence-corrected chi connectivity index (χ3v) is 6.05. The van der Waals surface area contributed by atoms with Crippen molar-refractivity contribution in [3.8, 4) is 0 Å². The Labute approximate surface area is 196 Å². The fourth-order valence-electron chi connectivity index (χ4n) is 4.18. The van der Waals surface area contributed by atoms with Crippen molar-refractivity contribution in [3.05, 3.63) is 0 Å². The molecule has 7 heteroatoms. The zero-order valence-corrected chi connectivity index (χ0v) is 20.6. The number of hydrogen-bond donors (Lipinski definition) is 2. The summed E-state index contributed by atoms with van der Waals surface area (Å²) < 4.78 is 10.7. The monoisotopic (exact) mass is 455 g/mol. The molecule has 3 N–H and O–H groups in total. The summed E-state index contributed by atoms with van der Waals surface area (Å²) in [5.74, 6) is 0.0850. The van der Waals surface area contributed by atoms with Gasteiger partial charge in [-0.2, -0.15) is 0 Å². The maximum atomic E-state index is 12.7. The van der Waals surface area contributed by atoms with E-state index in [1.807, 2.05) is 4.90 Å². The Morgan fingerprint density at radius 2 is 1.50 bits per heavy atom. The van der Waals surface area contributed by atoms with Gasteiger partial charge in [-0.25, -0.2) is 0 Å². The number of rotatable bonds is 20. The van der Waals surface area contributed by atoms with Crippen LogP contribution in [0.3, 0.4) is 0 Å². The summed E-state index contributed by atoms with van der Waals surface area (Å²) >= 11 is 0. The van der Waals surface area contributed by atoms with E-state index in [1.54, 1.807) is 0 Å². The van der Waals surface area contributed by atoms with Crippen molar-refractivity contribution < 1.29 is 19.1 Å². The molecule has 188 valence electrons. The predicted molar refractivity (Wildman–Crippen MR) is 130 cm³/mol. The van der Waals surface area contributed by atoms with Gasteiger partial charge in [-0.1, -0.05) is 64.7 Å². The molecule has 7 nitrogen and oxygen atoms in total. The number of likely N-dealkylation sites (tertiary alicyclic amines) is 1. The number of carbonyl (C=O) groups is 2. The van der Waals surface area contributed by atoms with Gasteiger partial charge in [0.25, 0.3) is 0 Å². The van der Waals surface area contributed by atoms with Crippen molar-refractivity contribution >= 4 is 11.8 Å². The van der Waals surface area contributed by atoms with E-state index in [0.29, 0.717) is 52.5 Å². The Morgan fingerprint density at radius 1 is 0.875 bits per heavy atom. The quantitative estimate of drug-likeness (QED) is 0.272. The van der Waals surface area contributed by atoms with E-state index in [1.165, 1.54) is 51.4 Å². The molecule has 0 aromatic heterocycles. The van der Waals surface area contributed by atoms with E-state index >= 15 is 0 Å². The van der Waals surface area contributed by atoms with E-state index in [4.69, 9.17) is 15.2 Å². The minimum atomic E-state index is -0.327. The molecule has 0 aromatic rings. The molecule has 0 aromatic carbocycles. The molecule has 1 atom stereocenters. The summed E-state index contributed by atoms with van der Waals surface area (Å²) in [6, 6.07) is -0.327. The van der Waals surface area contributed by atoms with Gasteiger partial charge in [-0.05, 0) is 25.7 Å². The highest BCUT2D eigenvalue weighted by Gasteiger charge is 2.31. The number of nitrogens with one attached hydrogen (secondary N) is 1. The predicted octanol–water partition coefficient (Wildman–Crippen LogP) is 3.79. The first kappa shape index (κ1) is 28.9. The molecule has 1 fully saturated rings. The zero-order valence-electron chi connectivity index (χ0n) is 20.6. The molecule has 1 aliphatic heterocycles. The largest absolute Gasteiger partial charge is 0.378 e. The average Bonchev–Trinajstić information content (AvgIpc) is 2.81. The molecule has 0 spiro atoms. The summed E-state index contributed by atoms with van der Waals surface area (Å²) in [7, 11) is 0. The fourth-order valence-corrected chi connectivity index (χ4v) is 4.18.